The minimum absolute atomic E-state index is 0.0343. The molecule has 1 saturated heterocycles. The number of carboxylic acid groups (broad SMARTS) is 1. The van der Waals surface area contributed by atoms with E-state index >= 15 is 0 Å². The maximum absolute atomic E-state index is 13.1. The van der Waals surface area contributed by atoms with Gasteiger partial charge in [0.15, 0.2) is 0 Å². The van der Waals surface area contributed by atoms with E-state index in [0.29, 0.717) is 18.0 Å². The van der Waals surface area contributed by atoms with E-state index in [-0.39, 0.29) is 30.2 Å². The van der Waals surface area contributed by atoms with Gasteiger partial charge in [0.05, 0.1) is 5.92 Å². The third-order valence-corrected chi connectivity index (χ3v) is 5.75. The first kappa shape index (κ1) is 19.4. The fourth-order valence-electron chi connectivity index (χ4n) is 3.91. The first-order chi connectivity index (χ1) is 12.8. The van der Waals surface area contributed by atoms with Crippen LogP contribution in [0.3, 0.4) is 0 Å². The van der Waals surface area contributed by atoms with Gasteiger partial charge in [0.25, 0.3) is 5.91 Å². The van der Waals surface area contributed by atoms with E-state index in [1.165, 1.54) is 0 Å². The Balaban J connectivity index is 1.70. The van der Waals surface area contributed by atoms with Gasteiger partial charge in [0, 0.05) is 18.7 Å². The highest BCUT2D eigenvalue weighted by atomic mass is 16.4. The lowest BCUT2D eigenvalue weighted by molar-refractivity contribution is -0.142. The topological polar surface area (TPSA) is 86.7 Å². The van der Waals surface area contributed by atoms with Gasteiger partial charge in [-0.15, -0.1) is 0 Å². The molecular weight excluding hydrogens is 344 g/mol. The Hall–Kier alpha value is -2.37. The molecule has 1 saturated carbocycles. The molecule has 0 spiro atoms. The Bertz CT molecular complexity index is 724. The number of likely N-dealkylation sites (tertiary alicyclic amines) is 1. The average Bonchev–Trinajstić information content (AvgIpc) is 3.37. The number of aryl methyl sites for hydroxylation is 1. The lowest BCUT2D eigenvalue weighted by Crippen LogP contribution is -2.50. The molecule has 2 N–H and O–H groups in total. The van der Waals surface area contributed by atoms with Crippen LogP contribution in [0.5, 0.6) is 0 Å². The molecule has 1 unspecified atom stereocenters. The number of hydrogen-bond donors (Lipinski definition) is 2. The summed E-state index contributed by atoms with van der Waals surface area (Å²) in [5.74, 6) is -1.42. The average molecular weight is 372 g/mol. The molecule has 6 heteroatoms. The smallest absolute Gasteiger partial charge is 0.308 e. The standard InChI is InChI=1S/C21H28N2O4/c1-12(2)18(22-19(24)15-6-4-13(3)5-7-15)20(25)23-10-16(14-8-9-14)17(11-23)21(26)27/h4-7,12,14,16-18H,8-11H2,1-3H3,(H,22,24)(H,26,27)/t16-,17+,18?/m1/s1. The largest absolute Gasteiger partial charge is 0.481 e. The number of carboxylic acids is 1. The zero-order chi connectivity index (χ0) is 19.7. The fraction of sp³-hybridized carbons (Fsp3) is 0.571. The van der Waals surface area contributed by atoms with Gasteiger partial charge >= 0.3 is 5.97 Å². The summed E-state index contributed by atoms with van der Waals surface area (Å²) in [6, 6.07) is 6.54. The van der Waals surface area contributed by atoms with Gasteiger partial charge in [-0.1, -0.05) is 31.5 Å². The lowest BCUT2D eigenvalue weighted by atomic mass is 9.92. The van der Waals surface area contributed by atoms with Crippen molar-refractivity contribution in [2.45, 2.75) is 39.7 Å². The molecule has 2 aliphatic rings. The first-order valence-corrected chi connectivity index (χ1v) is 9.67. The minimum Gasteiger partial charge on any atom is -0.481 e. The Morgan fingerprint density at radius 1 is 1.11 bits per heavy atom. The van der Waals surface area contributed by atoms with Crippen molar-refractivity contribution in [3.8, 4) is 0 Å². The summed E-state index contributed by atoms with van der Waals surface area (Å²) in [4.78, 5) is 38.9. The molecule has 0 aromatic heterocycles. The summed E-state index contributed by atoms with van der Waals surface area (Å²) < 4.78 is 0. The Morgan fingerprint density at radius 2 is 1.74 bits per heavy atom. The van der Waals surface area contributed by atoms with Crippen LogP contribution >= 0.6 is 0 Å². The van der Waals surface area contributed by atoms with Crippen molar-refractivity contribution >= 4 is 17.8 Å². The number of amides is 2. The van der Waals surface area contributed by atoms with E-state index in [4.69, 9.17) is 0 Å². The number of carbonyl (C=O) groups excluding carboxylic acids is 2. The van der Waals surface area contributed by atoms with Crippen molar-refractivity contribution in [2.75, 3.05) is 13.1 Å². The van der Waals surface area contributed by atoms with Gasteiger partial charge in [0.1, 0.15) is 6.04 Å². The molecule has 146 valence electrons. The van der Waals surface area contributed by atoms with Crippen LogP contribution in [0.15, 0.2) is 24.3 Å². The van der Waals surface area contributed by atoms with Crippen LogP contribution in [-0.2, 0) is 9.59 Å². The van der Waals surface area contributed by atoms with Crippen LogP contribution in [0.1, 0.15) is 42.6 Å². The van der Waals surface area contributed by atoms with Crippen LogP contribution in [0.2, 0.25) is 0 Å². The third kappa shape index (κ3) is 4.31. The Labute approximate surface area is 159 Å². The van der Waals surface area contributed by atoms with Crippen LogP contribution in [-0.4, -0.2) is 46.9 Å². The number of rotatable bonds is 6. The van der Waals surface area contributed by atoms with E-state index < -0.39 is 17.9 Å². The van der Waals surface area contributed by atoms with E-state index in [1.54, 1.807) is 17.0 Å². The maximum atomic E-state index is 13.1. The van der Waals surface area contributed by atoms with Crippen LogP contribution in [0, 0.1) is 30.6 Å². The molecule has 1 aliphatic heterocycles. The Morgan fingerprint density at radius 3 is 2.26 bits per heavy atom. The highest BCUT2D eigenvalue weighted by Gasteiger charge is 2.47. The summed E-state index contributed by atoms with van der Waals surface area (Å²) in [6.07, 6.45) is 2.10. The van der Waals surface area contributed by atoms with Gasteiger partial charge in [-0.25, -0.2) is 0 Å². The van der Waals surface area contributed by atoms with Crippen LogP contribution in [0.25, 0.3) is 0 Å². The summed E-state index contributed by atoms with van der Waals surface area (Å²) in [5.41, 5.74) is 1.57. The van der Waals surface area contributed by atoms with Crippen molar-refractivity contribution in [3.63, 3.8) is 0 Å². The van der Waals surface area contributed by atoms with E-state index in [0.717, 1.165) is 18.4 Å². The quantitative estimate of drug-likeness (QED) is 0.802. The molecule has 1 aliphatic carbocycles. The molecule has 2 fully saturated rings. The van der Waals surface area contributed by atoms with Crippen LogP contribution in [0.4, 0.5) is 0 Å². The summed E-state index contributed by atoms with van der Waals surface area (Å²) in [5, 5.41) is 12.4. The van der Waals surface area contributed by atoms with Crippen molar-refractivity contribution in [1.82, 2.24) is 10.2 Å². The minimum atomic E-state index is -0.827. The van der Waals surface area contributed by atoms with Gasteiger partial charge in [-0.2, -0.15) is 0 Å². The highest BCUT2D eigenvalue weighted by molar-refractivity contribution is 5.97. The second-order valence-electron chi connectivity index (χ2n) is 8.25. The zero-order valence-electron chi connectivity index (χ0n) is 16.1. The predicted octanol–water partition coefficient (Wildman–Crippen LogP) is 2.32. The molecule has 27 heavy (non-hydrogen) atoms. The molecule has 2 amide bonds. The molecule has 1 heterocycles. The van der Waals surface area contributed by atoms with Gasteiger partial charge in [0.2, 0.25) is 5.91 Å². The number of nitrogens with one attached hydrogen (secondary N) is 1. The molecule has 1 aromatic rings. The third-order valence-electron chi connectivity index (χ3n) is 5.75. The van der Waals surface area contributed by atoms with E-state index in [9.17, 15) is 19.5 Å². The van der Waals surface area contributed by atoms with Crippen molar-refractivity contribution in [2.24, 2.45) is 23.7 Å². The number of benzene rings is 1. The molecule has 1 aromatic carbocycles. The SMILES string of the molecule is Cc1ccc(C(=O)NC(C(=O)N2C[C@H](C(=O)O)[C@@H](C3CC3)C2)C(C)C)cc1. The Kier molecular flexibility index (Phi) is 5.53. The predicted molar refractivity (Wildman–Crippen MR) is 101 cm³/mol. The molecule has 3 atom stereocenters. The van der Waals surface area contributed by atoms with Crippen molar-refractivity contribution in [1.29, 1.82) is 0 Å². The number of hydrogen-bond acceptors (Lipinski definition) is 3. The van der Waals surface area contributed by atoms with Crippen molar-refractivity contribution in [3.05, 3.63) is 35.4 Å². The highest BCUT2D eigenvalue weighted by Crippen LogP contribution is 2.44. The maximum Gasteiger partial charge on any atom is 0.308 e. The molecular formula is C21H28N2O4. The van der Waals surface area contributed by atoms with Crippen LogP contribution < -0.4 is 5.32 Å². The molecule has 0 bridgehead atoms. The van der Waals surface area contributed by atoms with Gasteiger partial charge in [-0.3, -0.25) is 14.4 Å². The normalized spacial score (nSPS) is 23.3. The summed E-state index contributed by atoms with van der Waals surface area (Å²) >= 11 is 0. The van der Waals surface area contributed by atoms with Gasteiger partial charge < -0.3 is 15.3 Å². The van der Waals surface area contributed by atoms with E-state index in [2.05, 4.69) is 5.32 Å². The molecule has 3 rings (SSSR count). The monoisotopic (exact) mass is 372 g/mol. The van der Waals surface area contributed by atoms with Gasteiger partial charge in [-0.05, 0) is 49.7 Å². The summed E-state index contributed by atoms with van der Waals surface area (Å²) in [7, 11) is 0. The fourth-order valence-corrected chi connectivity index (χ4v) is 3.91. The first-order valence-electron chi connectivity index (χ1n) is 9.67. The zero-order valence-corrected chi connectivity index (χ0v) is 16.1. The number of carbonyl (C=O) groups is 3. The second-order valence-corrected chi connectivity index (χ2v) is 8.25. The number of nitrogens with zero attached hydrogens (tertiary/aromatic N) is 1. The molecule has 6 nitrogen and oxygen atoms in total. The van der Waals surface area contributed by atoms with Crippen molar-refractivity contribution < 1.29 is 19.5 Å². The number of aliphatic carboxylic acids is 1. The molecule has 0 radical (unpaired) electrons. The lowest BCUT2D eigenvalue weighted by Gasteiger charge is -2.27. The van der Waals surface area contributed by atoms with E-state index in [1.807, 2.05) is 32.9 Å². The summed E-state index contributed by atoms with van der Waals surface area (Å²) in [6.45, 7) is 6.44. The second kappa shape index (κ2) is 7.71.